The Kier molecular flexibility index (Phi) is 5.53. The zero-order valence-electron chi connectivity index (χ0n) is 13.4. The van der Waals surface area contributed by atoms with Crippen molar-refractivity contribution in [3.8, 4) is 0 Å². The highest BCUT2D eigenvalue weighted by atomic mass is 15.0. The Morgan fingerprint density at radius 1 is 1.20 bits per heavy atom. The van der Waals surface area contributed by atoms with Crippen LogP contribution in [0.2, 0.25) is 0 Å². The van der Waals surface area contributed by atoms with E-state index in [4.69, 9.17) is 0 Å². The van der Waals surface area contributed by atoms with E-state index in [1.54, 1.807) is 0 Å². The van der Waals surface area contributed by atoms with E-state index in [9.17, 15) is 0 Å². The van der Waals surface area contributed by atoms with Crippen LogP contribution in [0.3, 0.4) is 0 Å². The van der Waals surface area contributed by atoms with Gasteiger partial charge in [-0.15, -0.1) is 0 Å². The maximum absolute atomic E-state index is 4.58. The molecule has 112 valence electrons. The molecule has 1 N–H and O–H groups in total. The molecule has 1 aromatic heterocycles. The first-order valence-corrected chi connectivity index (χ1v) is 8.13. The number of nitrogens with zero attached hydrogens (tertiary/aromatic N) is 2. The molecular weight excluding hydrogens is 246 g/mol. The Morgan fingerprint density at radius 3 is 2.50 bits per heavy atom. The summed E-state index contributed by atoms with van der Waals surface area (Å²) in [5.74, 6) is 3.33. The molecule has 1 heterocycles. The SMILES string of the molecule is CCCNC(c1ncc(C)cn1)C1CCC(C)C(C)C1. The zero-order chi connectivity index (χ0) is 14.5. The lowest BCUT2D eigenvalue weighted by Gasteiger charge is -2.36. The Hall–Kier alpha value is -0.960. The number of aromatic nitrogens is 2. The molecule has 1 aliphatic carbocycles. The van der Waals surface area contributed by atoms with Crippen LogP contribution in [0.1, 0.15) is 63.9 Å². The second-order valence-corrected chi connectivity index (χ2v) is 6.58. The van der Waals surface area contributed by atoms with Gasteiger partial charge in [0.15, 0.2) is 0 Å². The van der Waals surface area contributed by atoms with Crippen molar-refractivity contribution in [1.29, 1.82) is 0 Å². The van der Waals surface area contributed by atoms with Crippen molar-refractivity contribution in [2.24, 2.45) is 17.8 Å². The van der Waals surface area contributed by atoms with Gasteiger partial charge in [-0.1, -0.05) is 27.2 Å². The van der Waals surface area contributed by atoms with E-state index in [1.165, 1.54) is 19.3 Å². The molecule has 1 fully saturated rings. The highest BCUT2D eigenvalue weighted by Crippen LogP contribution is 2.39. The van der Waals surface area contributed by atoms with E-state index < -0.39 is 0 Å². The maximum atomic E-state index is 4.58. The van der Waals surface area contributed by atoms with Crippen LogP contribution in [0.25, 0.3) is 0 Å². The molecular formula is C17H29N3. The van der Waals surface area contributed by atoms with E-state index in [0.717, 1.165) is 36.2 Å². The summed E-state index contributed by atoms with van der Waals surface area (Å²) in [6, 6.07) is 0.325. The van der Waals surface area contributed by atoms with Gasteiger partial charge in [0.2, 0.25) is 0 Å². The summed E-state index contributed by atoms with van der Waals surface area (Å²) in [6.45, 7) is 10.1. The molecule has 3 heteroatoms. The molecule has 20 heavy (non-hydrogen) atoms. The summed E-state index contributed by atoms with van der Waals surface area (Å²) < 4.78 is 0. The van der Waals surface area contributed by atoms with Gasteiger partial charge in [0.25, 0.3) is 0 Å². The minimum Gasteiger partial charge on any atom is -0.307 e. The van der Waals surface area contributed by atoms with Gasteiger partial charge in [-0.25, -0.2) is 9.97 Å². The minimum absolute atomic E-state index is 0.325. The van der Waals surface area contributed by atoms with Crippen molar-refractivity contribution in [2.45, 2.75) is 59.4 Å². The second kappa shape index (κ2) is 7.16. The molecule has 3 nitrogen and oxygen atoms in total. The standard InChI is InChI=1S/C17H29N3/c1-5-8-18-16(17-19-10-12(2)11-20-17)15-7-6-13(3)14(4)9-15/h10-11,13-16,18H,5-9H2,1-4H3. The van der Waals surface area contributed by atoms with E-state index in [1.807, 2.05) is 19.3 Å². The summed E-state index contributed by atoms with van der Waals surface area (Å²) >= 11 is 0. The largest absolute Gasteiger partial charge is 0.307 e. The molecule has 0 spiro atoms. The summed E-state index contributed by atoms with van der Waals surface area (Å²) in [6.07, 6.45) is 8.96. The molecule has 0 amide bonds. The quantitative estimate of drug-likeness (QED) is 0.885. The fourth-order valence-corrected chi connectivity index (χ4v) is 3.22. The number of nitrogens with one attached hydrogen (secondary N) is 1. The zero-order valence-corrected chi connectivity index (χ0v) is 13.4. The van der Waals surface area contributed by atoms with E-state index in [2.05, 4.69) is 36.1 Å². The molecule has 0 aromatic carbocycles. The van der Waals surface area contributed by atoms with Crippen LogP contribution in [0.5, 0.6) is 0 Å². The van der Waals surface area contributed by atoms with Gasteiger partial charge in [-0.05, 0) is 56.0 Å². The summed E-state index contributed by atoms with van der Waals surface area (Å²) in [5.41, 5.74) is 1.13. The van der Waals surface area contributed by atoms with Gasteiger partial charge < -0.3 is 5.32 Å². The van der Waals surface area contributed by atoms with Gasteiger partial charge in [-0.2, -0.15) is 0 Å². The monoisotopic (exact) mass is 275 g/mol. The third-order valence-corrected chi connectivity index (χ3v) is 4.80. The molecule has 4 atom stereocenters. The number of hydrogen-bond acceptors (Lipinski definition) is 3. The van der Waals surface area contributed by atoms with Gasteiger partial charge >= 0.3 is 0 Å². The van der Waals surface area contributed by atoms with Gasteiger partial charge in [0.1, 0.15) is 5.82 Å². The lowest BCUT2D eigenvalue weighted by molar-refractivity contribution is 0.167. The van der Waals surface area contributed by atoms with Crippen LogP contribution >= 0.6 is 0 Å². The molecule has 0 bridgehead atoms. The molecule has 1 saturated carbocycles. The van der Waals surface area contributed by atoms with Crippen LogP contribution in [-0.4, -0.2) is 16.5 Å². The Labute approximate surface area is 123 Å². The second-order valence-electron chi connectivity index (χ2n) is 6.58. The summed E-state index contributed by atoms with van der Waals surface area (Å²) in [7, 11) is 0. The smallest absolute Gasteiger partial charge is 0.145 e. The first-order chi connectivity index (χ1) is 9.61. The fraction of sp³-hybridized carbons (Fsp3) is 0.765. The molecule has 1 aromatic rings. The highest BCUT2D eigenvalue weighted by Gasteiger charge is 2.31. The van der Waals surface area contributed by atoms with Crippen LogP contribution in [0.4, 0.5) is 0 Å². The van der Waals surface area contributed by atoms with E-state index in [-0.39, 0.29) is 0 Å². The fourth-order valence-electron chi connectivity index (χ4n) is 3.22. The number of rotatable bonds is 5. The molecule has 1 aliphatic rings. The normalized spacial score (nSPS) is 28.3. The average molecular weight is 275 g/mol. The molecule has 4 unspecified atom stereocenters. The summed E-state index contributed by atoms with van der Waals surface area (Å²) in [5, 5.41) is 3.69. The van der Waals surface area contributed by atoms with Crippen molar-refractivity contribution >= 4 is 0 Å². The van der Waals surface area contributed by atoms with Crippen molar-refractivity contribution in [2.75, 3.05) is 6.54 Å². The maximum Gasteiger partial charge on any atom is 0.145 e. The van der Waals surface area contributed by atoms with Crippen molar-refractivity contribution < 1.29 is 0 Å². The van der Waals surface area contributed by atoms with Crippen LogP contribution < -0.4 is 5.32 Å². The van der Waals surface area contributed by atoms with Crippen LogP contribution in [0.15, 0.2) is 12.4 Å². The minimum atomic E-state index is 0.325. The molecule has 2 rings (SSSR count). The van der Waals surface area contributed by atoms with Crippen LogP contribution in [0, 0.1) is 24.7 Å². The van der Waals surface area contributed by atoms with Gasteiger partial charge in [0, 0.05) is 12.4 Å². The molecule has 0 aliphatic heterocycles. The average Bonchev–Trinajstić information content (AvgIpc) is 2.45. The van der Waals surface area contributed by atoms with E-state index in [0.29, 0.717) is 12.0 Å². The highest BCUT2D eigenvalue weighted by molar-refractivity contribution is 5.06. The van der Waals surface area contributed by atoms with Crippen molar-refractivity contribution in [3.05, 3.63) is 23.8 Å². The number of aryl methyl sites for hydroxylation is 1. The summed E-state index contributed by atoms with van der Waals surface area (Å²) in [4.78, 5) is 9.15. The molecule has 0 radical (unpaired) electrons. The topological polar surface area (TPSA) is 37.8 Å². The Morgan fingerprint density at radius 2 is 1.90 bits per heavy atom. The lowest BCUT2D eigenvalue weighted by atomic mass is 9.73. The third-order valence-electron chi connectivity index (χ3n) is 4.80. The first-order valence-electron chi connectivity index (χ1n) is 8.13. The van der Waals surface area contributed by atoms with Crippen molar-refractivity contribution in [1.82, 2.24) is 15.3 Å². The number of hydrogen-bond donors (Lipinski definition) is 1. The third kappa shape index (κ3) is 3.78. The van der Waals surface area contributed by atoms with Gasteiger partial charge in [0.05, 0.1) is 6.04 Å². The van der Waals surface area contributed by atoms with Crippen LogP contribution in [-0.2, 0) is 0 Å². The predicted octanol–water partition coefficient (Wildman–Crippen LogP) is 3.90. The Balaban J connectivity index is 2.12. The Bertz CT molecular complexity index is 401. The molecule has 0 saturated heterocycles. The predicted molar refractivity (Wildman–Crippen MR) is 83.5 cm³/mol. The van der Waals surface area contributed by atoms with Gasteiger partial charge in [-0.3, -0.25) is 0 Å². The van der Waals surface area contributed by atoms with E-state index >= 15 is 0 Å². The first kappa shape index (κ1) is 15.4. The lowest BCUT2D eigenvalue weighted by Crippen LogP contribution is -2.34. The van der Waals surface area contributed by atoms with Crippen molar-refractivity contribution in [3.63, 3.8) is 0 Å².